The number of quaternary nitrogens is 1. The van der Waals surface area contributed by atoms with Gasteiger partial charge in [-0.05, 0) is 13.3 Å². The molecule has 0 N–H and O–H groups in total. The largest absolute Gasteiger partial charge is 0.314 e. The summed E-state index contributed by atoms with van der Waals surface area (Å²) in [6.45, 7) is 8.42. The Morgan fingerprint density at radius 1 is 1.50 bits per heavy atom. The van der Waals surface area contributed by atoms with Gasteiger partial charge in [-0.25, -0.2) is 0 Å². The molecule has 0 aromatic heterocycles. The van der Waals surface area contributed by atoms with Gasteiger partial charge in [0, 0.05) is 5.92 Å². The van der Waals surface area contributed by atoms with Crippen molar-refractivity contribution < 1.29 is 4.48 Å². The van der Waals surface area contributed by atoms with Crippen LogP contribution in [0.5, 0.6) is 0 Å². The minimum atomic E-state index is 0.592. The van der Waals surface area contributed by atoms with Crippen LogP contribution >= 0.6 is 0 Å². The molecule has 0 aromatic carbocycles. The summed E-state index contributed by atoms with van der Waals surface area (Å²) in [6, 6.07) is 0. The molecular formula is C9H20N+. The van der Waals surface area contributed by atoms with Crippen molar-refractivity contribution in [1.29, 1.82) is 0 Å². The van der Waals surface area contributed by atoms with Crippen LogP contribution in [0.3, 0.4) is 0 Å². The predicted octanol–water partition coefficient (Wildman–Crippen LogP) is 1.88. The lowest BCUT2D eigenvalue weighted by Crippen LogP contribution is -2.31. The molecule has 1 saturated heterocycles. The van der Waals surface area contributed by atoms with Gasteiger partial charge in [0.05, 0.1) is 14.1 Å². The Morgan fingerprint density at radius 3 is 2.00 bits per heavy atom. The zero-order valence-corrected chi connectivity index (χ0v) is 7.94. The highest BCUT2D eigenvalue weighted by molar-refractivity contribution is 4.91. The Morgan fingerprint density at radius 2 is 1.90 bits per heavy atom. The van der Waals surface area contributed by atoms with E-state index < -0.39 is 0 Å². The monoisotopic (exact) mass is 142 g/mol. The van der Waals surface area contributed by atoms with Gasteiger partial charge in [0.1, 0.15) is 12.1 Å². The smallest absolute Gasteiger partial charge is 0.148 e. The first-order chi connectivity index (χ1) is 4.44. The Balaban J connectivity index is 2.58. The molecule has 1 heterocycles. The number of rotatable bonds is 2. The molecular weight excluding hydrogens is 122 g/mol. The van der Waals surface area contributed by atoms with Crippen LogP contribution in [0.25, 0.3) is 0 Å². The molecule has 1 rings (SSSR count). The van der Waals surface area contributed by atoms with E-state index in [4.69, 9.17) is 0 Å². The molecule has 1 aliphatic rings. The van der Waals surface area contributed by atoms with E-state index in [1.54, 1.807) is 0 Å². The Kier molecular flexibility index (Phi) is 1.59. The van der Waals surface area contributed by atoms with Crippen LogP contribution in [0.15, 0.2) is 0 Å². The minimum Gasteiger partial charge on any atom is -0.314 e. The average molecular weight is 142 g/mol. The molecule has 0 bridgehead atoms. The number of likely N-dealkylation sites (N-methyl/N-ethyl adjacent to an activating group) is 1. The lowest BCUT2D eigenvalue weighted by molar-refractivity contribution is -0.788. The topological polar surface area (TPSA) is 0 Å². The van der Waals surface area contributed by atoms with E-state index in [0.717, 1.165) is 5.92 Å². The van der Waals surface area contributed by atoms with Crippen molar-refractivity contribution >= 4 is 0 Å². The molecule has 1 heteroatoms. The maximum Gasteiger partial charge on any atom is 0.148 e. The van der Waals surface area contributed by atoms with Gasteiger partial charge in [0.15, 0.2) is 0 Å². The zero-order valence-electron chi connectivity index (χ0n) is 7.94. The first-order valence-corrected chi connectivity index (χ1v) is 4.27. The molecule has 0 saturated carbocycles. The zero-order chi connectivity index (χ0) is 7.99. The molecule has 2 unspecified atom stereocenters. The normalized spacial score (nSPS) is 39.3. The Hall–Kier alpha value is -0.0400. The van der Waals surface area contributed by atoms with Gasteiger partial charge in [-0.2, -0.15) is 0 Å². The predicted molar refractivity (Wildman–Crippen MR) is 44.8 cm³/mol. The first kappa shape index (κ1) is 8.06. The molecule has 1 aliphatic heterocycles. The van der Waals surface area contributed by atoms with E-state index in [9.17, 15) is 0 Å². The summed E-state index contributed by atoms with van der Waals surface area (Å²) >= 11 is 0. The second-order valence-electron chi connectivity index (χ2n) is 4.51. The summed E-state index contributed by atoms with van der Waals surface area (Å²) in [5.74, 6) is 0.877. The SMILES string of the molecule is CCC(C)C1(C)C[N+]1(C)C. The summed E-state index contributed by atoms with van der Waals surface area (Å²) < 4.78 is 1.22. The molecule has 0 aliphatic carbocycles. The molecule has 10 heavy (non-hydrogen) atoms. The highest BCUT2D eigenvalue weighted by Gasteiger charge is 2.62. The van der Waals surface area contributed by atoms with Crippen LogP contribution in [0.4, 0.5) is 0 Å². The van der Waals surface area contributed by atoms with E-state index in [1.165, 1.54) is 17.4 Å². The van der Waals surface area contributed by atoms with Gasteiger partial charge >= 0.3 is 0 Å². The molecule has 0 amide bonds. The van der Waals surface area contributed by atoms with Crippen LogP contribution in [0, 0.1) is 5.92 Å². The Bertz CT molecular complexity index is 140. The molecule has 2 atom stereocenters. The fraction of sp³-hybridized carbons (Fsp3) is 1.00. The summed E-state index contributed by atoms with van der Waals surface area (Å²) in [4.78, 5) is 0. The van der Waals surface area contributed by atoms with Crippen molar-refractivity contribution in [2.45, 2.75) is 32.7 Å². The van der Waals surface area contributed by atoms with E-state index in [1.807, 2.05) is 0 Å². The van der Waals surface area contributed by atoms with Crippen molar-refractivity contribution in [3.63, 3.8) is 0 Å². The second-order valence-corrected chi connectivity index (χ2v) is 4.51. The molecule has 0 aromatic rings. The van der Waals surface area contributed by atoms with Crippen LogP contribution in [-0.2, 0) is 0 Å². The summed E-state index contributed by atoms with van der Waals surface area (Å²) in [6.07, 6.45) is 1.32. The van der Waals surface area contributed by atoms with Crippen LogP contribution < -0.4 is 0 Å². The lowest BCUT2D eigenvalue weighted by atomic mass is 9.93. The van der Waals surface area contributed by atoms with E-state index in [-0.39, 0.29) is 0 Å². The van der Waals surface area contributed by atoms with Gasteiger partial charge in [-0.1, -0.05) is 13.8 Å². The molecule has 60 valence electrons. The molecule has 1 fully saturated rings. The summed E-state index contributed by atoms with van der Waals surface area (Å²) in [7, 11) is 4.65. The van der Waals surface area contributed by atoms with E-state index >= 15 is 0 Å². The van der Waals surface area contributed by atoms with Gasteiger partial charge in [-0.3, -0.25) is 0 Å². The van der Waals surface area contributed by atoms with Crippen LogP contribution in [0.2, 0.25) is 0 Å². The molecule has 1 nitrogen and oxygen atoms in total. The van der Waals surface area contributed by atoms with Gasteiger partial charge < -0.3 is 4.48 Å². The van der Waals surface area contributed by atoms with Crippen molar-refractivity contribution in [3.05, 3.63) is 0 Å². The highest BCUT2D eigenvalue weighted by Crippen LogP contribution is 2.45. The fourth-order valence-corrected chi connectivity index (χ4v) is 1.96. The third-order valence-corrected chi connectivity index (χ3v) is 3.67. The fourth-order valence-electron chi connectivity index (χ4n) is 1.96. The Labute approximate surface area is 64.6 Å². The maximum atomic E-state index is 2.40. The second kappa shape index (κ2) is 1.97. The quantitative estimate of drug-likeness (QED) is 0.408. The highest BCUT2D eigenvalue weighted by atomic mass is 15.5. The van der Waals surface area contributed by atoms with Gasteiger partial charge in [0.2, 0.25) is 0 Å². The maximum absolute atomic E-state index is 2.40. The summed E-state index contributed by atoms with van der Waals surface area (Å²) in [5.41, 5.74) is 0.592. The van der Waals surface area contributed by atoms with Crippen molar-refractivity contribution in [3.8, 4) is 0 Å². The van der Waals surface area contributed by atoms with E-state index in [2.05, 4.69) is 34.9 Å². The van der Waals surface area contributed by atoms with Gasteiger partial charge in [-0.15, -0.1) is 0 Å². The van der Waals surface area contributed by atoms with Crippen molar-refractivity contribution in [1.82, 2.24) is 0 Å². The molecule has 0 radical (unpaired) electrons. The standard InChI is InChI=1S/C9H20N/c1-6-8(2)9(3)7-10(9,4)5/h8H,6-7H2,1-5H3/q+1. The van der Waals surface area contributed by atoms with E-state index in [0.29, 0.717) is 5.54 Å². The molecule has 0 spiro atoms. The summed E-state index contributed by atoms with van der Waals surface area (Å²) in [5, 5.41) is 0. The van der Waals surface area contributed by atoms with Gasteiger partial charge in [0.25, 0.3) is 0 Å². The van der Waals surface area contributed by atoms with Crippen LogP contribution in [-0.4, -0.2) is 30.7 Å². The average Bonchev–Trinajstić information content (AvgIpc) is 2.32. The van der Waals surface area contributed by atoms with Crippen molar-refractivity contribution in [2.24, 2.45) is 5.92 Å². The van der Waals surface area contributed by atoms with Crippen molar-refractivity contribution in [2.75, 3.05) is 20.6 Å². The minimum absolute atomic E-state index is 0.592. The third-order valence-electron chi connectivity index (χ3n) is 3.67. The number of nitrogens with zero attached hydrogens (tertiary/aromatic N) is 1. The number of hydrogen-bond donors (Lipinski definition) is 0. The lowest BCUT2D eigenvalue weighted by Gasteiger charge is -2.19. The third kappa shape index (κ3) is 0.878. The van der Waals surface area contributed by atoms with Crippen LogP contribution in [0.1, 0.15) is 27.2 Å². The first-order valence-electron chi connectivity index (χ1n) is 4.27. The number of hydrogen-bond acceptors (Lipinski definition) is 0.